The second-order valence-electron chi connectivity index (χ2n) is 3.45. The van der Waals surface area contributed by atoms with E-state index >= 15 is 0 Å². The van der Waals surface area contributed by atoms with Gasteiger partial charge in [-0.25, -0.2) is 0 Å². The standard InChI is InChI=1S/C12H15NO2/c1-9(14)12(15)11(13-2)8-10-6-4-3-5-7-10/h3-7,11,13H,8H2,1-2H3. The van der Waals surface area contributed by atoms with Gasteiger partial charge in [0.05, 0.1) is 6.04 Å². The number of ketones is 2. The number of hydrogen-bond acceptors (Lipinski definition) is 3. The first kappa shape index (κ1) is 11.6. The predicted molar refractivity (Wildman–Crippen MR) is 58.7 cm³/mol. The summed E-state index contributed by atoms with van der Waals surface area (Å²) in [6.07, 6.45) is 0.551. The minimum absolute atomic E-state index is 0.360. The molecule has 0 aliphatic rings. The Morgan fingerprint density at radius 2 is 1.87 bits per heavy atom. The molecule has 0 fully saturated rings. The van der Waals surface area contributed by atoms with E-state index in [2.05, 4.69) is 5.32 Å². The third kappa shape index (κ3) is 3.29. The highest BCUT2D eigenvalue weighted by Crippen LogP contribution is 2.04. The van der Waals surface area contributed by atoms with Crippen LogP contribution in [-0.4, -0.2) is 24.7 Å². The highest BCUT2D eigenvalue weighted by molar-refractivity contribution is 6.38. The van der Waals surface area contributed by atoms with Gasteiger partial charge in [0.25, 0.3) is 0 Å². The van der Waals surface area contributed by atoms with E-state index in [0.717, 1.165) is 5.56 Å². The van der Waals surface area contributed by atoms with Gasteiger partial charge in [0, 0.05) is 6.92 Å². The zero-order chi connectivity index (χ0) is 11.3. The van der Waals surface area contributed by atoms with Crippen molar-refractivity contribution in [1.29, 1.82) is 0 Å². The summed E-state index contributed by atoms with van der Waals surface area (Å²) in [4.78, 5) is 22.4. The van der Waals surface area contributed by atoms with Crippen LogP contribution in [0.5, 0.6) is 0 Å². The molecule has 0 heterocycles. The number of carbonyl (C=O) groups excluding carboxylic acids is 2. The van der Waals surface area contributed by atoms with Crippen molar-refractivity contribution in [3.05, 3.63) is 35.9 Å². The second-order valence-corrected chi connectivity index (χ2v) is 3.45. The van der Waals surface area contributed by atoms with Crippen molar-refractivity contribution in [1.82, 2.24) is 5.32 Å². The van der Waals surface area contributed by atoms with Gasteiger partial charge in [-0.05, 0) is 19.0 Å². The van der Waals surface area contributed by atoms with E-state index in [1.165, 1.54) is 6.92 Å². The van der Waals surface area contributed by atoms with E-state index in [1.54, 1.807) is 7.05 Å². The van der Waals surface area contributed by atoms with Crippen molar-refractivity contribution in [2.24, 2.45) is 0 Å². The van der Waals surface area contributed by atoms with Crippen molar-refractivity contribution >= 4 is 11.6 Å². The van der Waals surface area contributed by atoms with Gasteiger partial charge in [0.1, 0.15) is 0 Å². The molecule has 1 rings (SSSR count). The first-order chi connectivity index (χ1) is 7.15. The van der Waals surface area contributed by atoms with Gasteiger partial charge in [-0.1, -0.05) is 30.3 Å². The van der Waals surface area contributed by atoms with Gasteiger partial charge in [-0.15, -0.1) is 0 Å². The van der Waals surface area contributed by atoms with Crippen molar-refractivity contribution in [2.75, 3.05) is 7.05 Å². The van der Waals surface area contributed by atoms with Crippen molar-refractivity contribution < 1.29 is 9.59 Å². The molecule has 0 radical (unpaired) electrons. The maximum Gasteiger partial charge on any atom is 0.215 e. The Kier molecular flexibility index (Phi) is 4.18. The molecule has 1 aromatic carbocycles. The van der Waals surface area contributed by atoms with Gasteiger partial charge in [-0.3, -0.25) is 9.59 Å². The molecule has 1 aromatic rings. The van der Waals surface area contributed by atoms with Crippen LogP contribution in [0.2, 0.25) is 0 Å². The zero-order valence-electron chi connectivity index (χ0n) is 8.99. The molecule has 80 valence electrons. The van der Waals surface area contributed by atoms with Crippen LogP contribution in [0, 0.1) is 0 Å². The average Bonchev–Trinajstić information content (AvgIpc) is 2.26. The first-order valence-electron chi connectivity index (χ1n) is 4.91. The average molecular weight is 205 g/mol. The molecule has 1 atom stereocenters. The normalized spacial score (nSPS) is 12.1. The van der Waals surface area contributed by atoms with Crippen molar-refractivity contribution in [2.45, 2.75) is 19.4 Å². The highest BCUT2D eigenvalue weighted by atomic mass is 16.2. The lowest BCUT2D eigenvalue weighted by atomic mass is 10.0. The molecule has 0 aromatic heterocycles. The lowest BCUT2D eigenvalue weighted by molar-refractivity contribution is -0.136. The van der Waals surface area contributed by atoms with Crippen LogP contribution in [0.3, 0.4) is 0 Å². The molecular weight excluding hydrogens is 190 g/mol. The van der Waals surface area contributed by atoms with Gasteiger partial charge < -0.3 is 5.32 Å². The summed E-state index contributed by atoms with van der Waals surface area (Å²) in [6.45, 7) is 1.30. The fourth-order valence-corrected chi connectivity index (χ4v) is 1.42. The molecule has 1 N–H and O–H groups in total. The van der Waals surface area contributed by atoms with Crippen LogP contribution < -0.4 is 5.32 Å². The zero-order valence-corrected chi connectivity index (χ0v) is 8.99. The van der Waals surface area contributed by atoms with E-state index in [1.807, 2.05) is 30.3 Å². The Hall–Kier alpha value is -1.48. The Bertz CT molecular complexity index is 346. The largest absolute Gasteiger partial charge is 0.310 e. The summed E-state index contributed by atoms with van der Waals surface area (Å²) < 4.78 is 0. The lowest BCUT2D eigenvalue weighted by Crippen LogP contribution is -2.39. The molecule has 0 saturated heterocycles. The fourth-order valence-electron chi connectivity index (χ4n) is 1.42. The minimum atomic E-state index is -0.412. The fraction of sp³-hybridized carbons (Fsp3) is 0.333. The molecule has 3 nitrogen and oxygen atoms in total. The summed E-state index contributed by atoms with van der Waals surface area (Å²) in [7, 11) is 1.69. The molecular formula is C12H15NO2. The van der Waals surface area contributed by atoms with E-state index in [4.69, 9.17) is 0 Å². The van der Waals surface area contributed by atoms with Crippen LogP contribution in [0.15, 0.2) is 30.3 Å². The van der Waals surface area contributed by atoms with Gasteiger partial charge in [0.15, 0.2) is 5.78 Å². The maximum absolute atomic E-state index is 11.5. The van der Waals surface area contributed by atoms with Gasteiger partial charge >= 0.3 is 0 Å². The van der Waals surface area contributed by atoms with Crippen LogP contribution in [0.4, 0.5) is 0 Å². The number of Topliss-reactive ketones (excluding diaryl/α,β-unsaturated/α-hetero) is 2. The molecule has 0 saturated carbocycles. The Morgan fingerprint density at radius 3 is 2.33 bits per heavy atom. The third-order valence-electron chi connectivity index (χ3n) is 2.29. The molecule has 15 heavy (non-hydrogen) atoms. The van der Waals surface area contributed by atoms with E-state index in [-0.39, 0.29) is 5.78 Å². The Balaban J connectivity index is 2.70. The summed E-state index contributed by atoms with van der Waals surface area (Å²) in [5.41, 5.74) is 1.05. The van der Waals surface area contributed by atoms with Gasteiger partial charge in [-0.2, -0.15) is 0 Å². The number of carbonyl (C=O) groups is 2. The molecule has 0 spiro atoms. The number of likely N-dealkylation sites (N-methyl/N-ethyl adjacent to an activating group) is 1. The summed E-state index contributed by atoms with van der Waals surface area (Å²) >= 11 is 0. The number of rotatable bonds is 5. The molecule has 0 bridgehead atoms. The monoisotopic (exact) mass is 205 g/mol. The molecule has 0 aliphatic heterocycles. The molecule has 0 amide bonds. The lowest BCUT2D eigenvalue weighted by Gasteiger charge is -2.12. The quantitative estimate of drug-likeness (QED) is 0.729. The Morgan fingerprint density at radius 1 is 1.27 bits per heavy atom. The molecule has 3 heteroatoms. The van der Waals surface area contributed by atoms with Crippen LogP contribution in [0.25, 0.3) is 0 Å². The van der Waals surface area contributed by atoms with Gasteiger partial charge in [0.2, 0.25) is 5.78 Å². The van der Waals surface area contributed by atoms with Crippen LogP contribution in [0.1, 0.15) is 12.5 Å². The minimum Gasteiger partial charge on any atom is -0.310 e. The van der Waals surface area contributed by atoms with E-state index in [0.29, 0.717) is 6.42 Å². The maximum atomic E-state index is 11.5. The van der Waals surface area contributed by atoms with E-state index in [9.17, 15) is 9.59 Å². The molecule has 0 aliphatic carbocycles. The van der Waals surface area contributed by atoms with E-state index < -0.39 is 11.8 Å². The first-order valence-corrected chi connectivity index (χ1v) is 4.91. The Labute approximate surface area is 89.5 Å². The SMILES string of the molecule is CNC(Cc1ccccc1)C(=O)C(C)=O. The summed E-state index contributed by atoms with van der Waals surface area (Å²) in [5, 5.41) is 2.86. The van der Waals surface area contributed by atoms with Crippen molar-refractivity contribution in [3.63, 3.8) is 0 Å². The highest BCUT2D eigenvalue weighted by Gasteiger charge is 2.20. The topological polar surface area (TPSA) is 46.2 Å². The summed E-state index contributed by atoms with van der Waals surface area (Å²) in [5.74, 6) is -0.758. The number of hydrogen-bond donors (Lipinski definition) is 1. The number of nitrogens with one attached hydrogen (secondary N) is 1. The van der Waals surface area contributed by atoms with Crippen LogP contribution in [-0.2, 0) is 16.0 Å². The van der Waals surface area contributed by atoms with Crippen LogP contribution >= 0.6 is 0 Å². The third-order valence-corrected chi connectivity index (χ3v) is 2.29. The molecule has 1 unspecified atom stereocenters. The number of benzene rings is 1. The summed E-state index contributed by atoms with van der Waals surface area (Å²) in [6, 6.07) is 9.23. The van der Waals surface area contributed by atoms with Crippen molar-refractivity contribution in [3.8, 4) is 0 Å². The second kappa shape index (κ2) is 5.41. The predicted octanol–water partition coefficient (Wildman–Crippen LogP) is 0.975. The smallest absolute Gasteiger partial charge is 0.215 e.